The topological polar surface area (TPSA) is 54.9 Å². The van der Waals surface area contributed by atoms with Crippen LogP contribution < -0.4 is 5.32 Å². The molecule has 1 N–H and O–H groups in total. The Morgan fingerprint density at radius 3 is 2.93 bits per heavy atom. The highest BCUT2D eigenvalue weighted by Crippen LogP contribution is 2.14. The van der Waals surface area contributed by atoms with E-state index in [-0.39, 0.29) is 5.25 Å². The first-order valence-electron chi connectivity index (χ1n) is 4.38. The van der Waals surface area contributed by atoms with Gasteiger partial charge in [-0.3, -0.25) is 4.21 Å². The summed E-state index contributed by atoms with van der Waals surface area (Å²) in [5, 5.41) is 11.7. The van der Waals surface area contributed by atoms with Crippen LogP contribution in [0.3, 0.4) is 0 Å². The van der Waals surface area contributed by atoms with E-state index >= 15 is 0 Å². The summed E-state index contributed by atoms with van der Waals surface area (Å²) in [4.78, 5) is 0. The van der Waals surface area contributed by atoms with E-state index < -0.39 is 10.8 Å². The fourth-order valence-corrected chi connectivity index (χ4v) is 2.76. The van der Waals surface area contributed by atoms with Crippen LogP contribution in [0.5, 0.6) is 0 Å². The molecule has 1 fully saturated rings. The van der Waals surface area contributed by atoms with E-state index in [0.29, 0.717) is 10.2 Å². The maximum Gasteiger partial charge on any atom is 0.151 e. The Labute approximate surface area is 89.5 Å². The lowest BCUT2D eigenvalue weighted by atomic mass is 10.4. The number of hydrogen-bond donors (Lipinski definition) is 1. The molecule has 0 aliphatic carbocycles. The van der Waals surface area contributed by atoms with E-state index in [4.69, 9.17) is 11.6 Å². The van der Waals surface area contributed by atoms with Gasteiger partial charge in [0.2, 0.25) is 0 Å². The van der Waals surface area contributed by atoms with Crippen LogP contribution in [0.1, 0.15) is 6.42 Å². The quantitative estimate of drug-likeness (QED) is 0.810. The van der Waals surface area contributed by atoms with Gasteiger partial charge in [-0.25, -0.2) is 0 Å². The van der Waals surface area contributed by atoms with Gasteiger partial charge in [-0.05, 0) is 25.1 Å². The third-order valence-corrected chi connectivity index (χ3v) is 3.97. The second-order valence-electron chi connectivity index (χ2n) is 3.11. The van der Waals surface area contributed by atoms with Gasteiger partial charge in [0, 0.05) is 6.54 Å². The lowest BCUT2D eigenvalue weighted by molar-refractivity contribution is 0.667. The fourth-order valence-electron chi connectivity index (χ4n) is 1.39. The van der Waals surface area contributed by atoms with Crippen LogP contribution in [-0.4, -0.2) is 32.7 Å². The normalized spacial score (nSPS) is 23.6. The van der Waals surface area contributed by atoms with Crippen LogP contribution in [0, 0.1) is 0 Å². The molecule has 76 valence electrons. The predicted octanol–water partition coefficient (Wildman–Crippen LogP) is 0.599. The van der Waals surface area contributed by atoms with Gasteiger partial charge in [0.05, 0.1) is 16.0 Å². The molecule has 1 aliphatic heterocycles. The molecule has 1 saturated heterocycles. The Hall–Kier alpha value is -0.520. The standard InChI is InChI=1S/C8H10ClN3OS/c9-7-1-2-8(12-11-7)14(13)6-3-4-10-5-6/h1-2,6,10H,3-5H2/t6-,14?/m0/s1. The first-order valence-corrected chi connectivity index (χ1v) is 5.97. The van der Waals surface area contributed by atoms with Crippen molar-refractivity contribution in [2.75, 3.05) is 13.1 Å². The van der Waals surface area contributed by atoms with Crippen molar-refractivity contribution in [1.29, 1.82) is 0 Å². The van der Waals surface area contributed by atoms with Crippen molar-refractivity contribution >= 4 is 22.4 Å². The highest BCUT2D eigenvalue weighted by atomic mass is 35.5. The van der Waals surface area contributed by atoms with E-state index in [1.54, 1.807) is 12.1 Å². The summed E-state index contributed by atoms with van der Waals surface area (Å²) in [6, 6.07) is 3.29. The molecule has 4 nitrogen and oxygen atoms in total. The van der Waals surface area contributed by atoms with Crippen molar-refractivity contribution in [3.63, 3.8) is 0 Å². The highest BCUT2D eigenvalue weighted by Gasteiger charge is 2.23. The van der Waals surface area contributed by atoms with Gasteiger partial charge >= 0.3 is 0 Å². The van der Waals surface area contributed by atoms with Crippen LogP contribution in [0.15, 0.2) is 17.2 Å². The summed E-state index contributed by atoms with van der Waals surface area (Å²) in [5.74, 6) is 0. The van der Waals surface area contributed by atoms with Gasteiger partial charge < -0.3 is 5.32 Å². The Morgan fingerprint density at radius 1 is 1.50 bits per heavy atom. The monoisotopic (exact) mass is 231 g/mol. The van der Waals surface area contributed by atoms with Crippen molar-refractivity contribution < 1.29 is 4.21 Å². The zero-order valence-corrected chi connectivity index (χ0v) is 9.01. The average Bonchev–Trinajstić information content (AvgIpc) is 2.71. The Kier molecular flexibility index (Phi) is 3.10. The molecule has 1 aromatic rings. The van der Waals surface area contributed by atoms with E-state index in [9.17, 15) is 4.21 Å². The van der Waals surface area contributed by atoms with Crippen molar-refractivity contribution in [2.24, 2.45) is 0 Å². The lowest BCUT2D eigenvalue weighted by Gasteiger charge is -2.06. The molecule has 0 radical (unpaired) electrons. The number of hydrogen-bond acceptors (Lipinski definition) is 4. The maximum absolute atomic E-state index is 11.9. The van der Waals surface area contributed by atoms with Crippen LogP contribution in [0.25, 0.3) is 0 Å². The van der Waals surface area contributed by atoms with Gasteiger partial charge in [-0.15, -0.1) is 10.2 Å². The number of rotatable bonds is 2. The number of aromatic nitrogens is 2. The Bertz CT molecular complexity index is 337. The fraction of sp³-hybridized carbons (Fsp3) is 0.500. The van der Waals surface area contributed by atoms with Gasteiger partial charge in [0.25, 0.3) is 0 Å². The second kappa shape index (κ2) is 4.33. The summed E-state index contributed by atoms with van der Waals surface area (Å²) in [6.45, 7) is 1.72. The van der Waals surface area contributed by atoms with Crippen molar-refractivity contribution in [1.82, 2.24) is 15.5 Å². The molecule has 0 amide bonds. The summed E-state index contributed by atoms with van der Waals surface area (Å²) >= 11 is 5.59. The second-order valence-corrected chi connectivity index (χ2v) is 5.17. The molecule has 2 heterocycles. The molecule has 0 saturated carbocycles. The minimum Gasteiger partial charge on any atom is -0.315 e. The van der Waals surface area contributed by atoms with Crippen molar-refractivity contribution in [3.05, 3.63) is 17.3 Å². The van der Waals surface area contributed by atoms with E-state index in [1.807, 2.05) is 0 Å². The molecule has 0 bridgehead atoms. The zero-order valence-electron chi connectivity index (χ0n) is 7.44. The van der Waals surface area contributed by atoms with E-state index in [1.165, 1.54) is 0 Å². The van der Waals surface area contributed by atoms with Crippen molar-refractivity contribution in [3.8, 4) is 0 Å². The number of halogens is 1. The Balaban J connectivity index is 2.14. The minimum absolute atomic E-state index is 0.158. The third-order valence-electron chi connectivity index (χ3n) is 2.13. The average molecular weight is 232 g/mol. The summed E-state index contributed by atoms with van der Waals surface area (Å²) in [5.41, 5.74) is 0. The molecule has 14 heavy (non-hydrogen) atoms. The SMILES string of the molecule is O=S(c1ccc(Cl)nn1)[C@H]1CCNC1. The predicted molar refractivity (Wildman–Crippen MR) is 54.7 cm³/mol. The molecule has 0 aromatic carbocycles. The smallest absolute Gasteiger partial charge is 0.151 e. The molecule has 1 unspecified atom stereocenters. The van der Waals surface area contributed by atoms with Crippen molar-refractivity contribution in [2.45, 2.75) is 16.7 Å². The lowest BCUT2D eigenvalue weighted by Crippen LogP contribution is -2.19. The third kappa shape index (κ3) is 2.10. The van der Waals surface area contributed by atoms with Gasteiger partial charge in [0.1, 0.15) is 5.03 Å². The molecule has 0 spiro atoms. The van der Waals surface area contributed by atoms with Gasteiger partial charge in [0.15, 0.2) is 5.15 Å². The largest absolute Gasteiger partial charge is 0.315 e. The summed E-state index contributed by atoms with van der Waals surface area (Å²) in [6.07, 6.45) is 0.927. The molecule has 2 atom stereocenters. The van der Waals surface area contributed by atoms with Gasteiger partial charge in [-0.2, -0.15) is 0 Å². The number of nitrogens with one attached hydrogen (secondary N) is 1. The Morgan fingerprint density at radius 2 is 2.36 bits per heavy atom. The summed E-state index contributed by atoms with van der Waals surface area (Å²) in [7, 11) is -1.06. The van der Waals surface area contributed by atoms with E-state index in [2.05, 4.69) is 15.5 Å². The van der Waals surface area contributed by atoms with Crippen LogP contribution in [0.4, 0.5) is 0 Å². The van der Waals surface area contributed by atoms with Crippen LogP contribution in [0.2, 0.25) is 5.15 Å². The van der Waals surface area contributed by atoms with E-state index in [0.717, 1.165) is 19.5 Å². The van der Waals surface area contributed by atoms with Gasteiger partial charge in [-0.1, -0.05) is 11.6 Å². The maximum atomic E-state index is 11.9. The molecule has 1 aliphatic rings. The zero-order chi connectivity index (χ0) is 9.97. The molecular weight excluding hydrogens is 222 g/mol. The molecule has 1 aromatic heterocycles. The minimum atomic E-state index is -1.06. The molecule has 6 heteroatoms. The molecule has 2 rings (SSSR count). The highest BCUT2D eigenvalue weighted by molar-refractivity contribution is 7.85. The number of nitrogens with zero attached hydrogens (tertiary/aromatic N) is 2. The molecular formula is C8H10ClN3OS. The first-order chi connectivity index (χ1) is 6.77. The van der Waals surface area contributed by atoms with Crippen LogP contribution >= 0.6 is 11.6 Å². The first kappa shape index (κ1) is 10.0. The van der Waals surface area contributed by atoms with Crippen LogP contribution in [-0.2, 0) is 10.8 Å². The summed E-state index contributed by atoms with van der Waals surface area (Å²) < 4.78 is 11.9.